The molecule has 1 saturated carbocycles. The SMILES string of the molecule is CCCCN(C/C=C/C1CC=CCC1)C(=O)C1CC1. The van der Waals surface area contributed by atoms with E-state index < -0.39 is 0 Å². The second-order valence-corrected chi connectivity index (χ2v) is 5.88. The van der Waals surface area contributed by atoms with E-state index in [0.717, 1.165) is 38.8 Å². The third-order valence-electron chi connectivity index (χ3n) is 4.06. The summed E-state index contributed by atoms with van der Waals surface area (Å²) in [5.74, 6) is 1.43. The molecule has 0 bridgehead atoms. The Kier molecular flexibility index (Phi) is 5.68. The van der Waals surface area contributed by atoms with Gasteiger partial charge >= 0.3 is 0 Å². The zero-order valence-electron chi connectivity index (χ0n) is 12.2. The van der Waals surface area contributed by atoms with E-state index in [1.54, 1.807) is 0 Å². The fourth-order valence-electron chi connectivity index (χ4n) is 2.60. The first-order valence-corrected chi connectivity index (χ1v) is 7.91. The van der Waals surface area contributed by atoms with E-state index in [2.05, 4.69) is 36.1 Å². The maximum Gasteiger partial charge on any atom is 0.225 e. The molecule has 2 nitrogen and oxygen atoms in total. The van der Waals surface area contributed by atoms with Crippen LogP contribution in [-0.4, -0.2) is 23.9 Å². The van der Waals surface area contributed by atoms with Gasteiger partial charge in [-0.2, -0.15) is 0 Å². The molecule has 2 rings (SSSR count). The van der Waals surface area contributed by atoms with Crippen molar-refractivity contribution < 1.29 is 4.79 Å². The number of hydrogen-bond acceptors (Lipinski definition) is 1. The van der Waals surface area contributed by atoms with Crippen molar-refractivity contribution in [2.45, 2.75) is 51.9 Å². The van der Waals surface area contributed by atoms with Crippen LogP contribution >= 0.6 is 0 Å². The second kappa shape index (κ2) is 7.52. The van der Waals surface area contributed by atoms with Gasteiger partial charge < -0.3 is 4.90 Å². The summed E-state index contributed by atoms with van der Waals surface area (Å²) < 4.78 is 0. The minimum atomic E-state index is 0.350. The molecule has 0 aromatic heterocycles. The zero-order valence-corrected chi connectivity index (χ0v) is 12.2. The van der Waals surface area contributed by atoms with Crippen LogP contribution in [0.1, 0.15) is 51.9 Å². The van der Waals surface area contributed by atoms with E-state index >= 15 is 0 Å². The van der Waals surface area contributed by atoms with Crippen molar-refractivity contribution in [1.82, 2.24) is 4.90 Å². The molecule has 1 amide bonds. The molecule has 0 spiro atoms. The molecule has 2 aliphatic rings. The number of carbonyl (C=O) groups excluding carboxylic acids is 1. The van der Waals surface area contributed by atoms with Gasteiger partial charge in [-0.1, -0.05) is 37.6 Å². The van der Waals surface area contributed by atoms with Crippen molar-refractivity contribution in [2.75, 3.05) is 13.1 Å². The minimum absolute atomic E-state index is 0.350. The molecule has 1 unspecified atom stereocenters. The lowest BCUT2D eigenvalue weighted by Crippen LogP contribution is -2.33. The molecule has 19 heavy (non-hydrogen) atoms. The topological polar surface area (TPSA) is 20.3 Å². The summed E-state index contributed by atoms with van der Waals surface area (Å²) in [4.78, 5) is 14.2. The van der Waals surface area contributed by atoms with Crippen LogP contribution in [0.5, 0.6) is 0 Å². The molecule has 2 heteroatoms. The highest BCUT2D eigenvalue weighted by Crippen LogP contribution is 2.31. The van der Waals surface area contributed by atoms with E-state index in [4.69, 9.17) is 0 Å². The molecular formula is C17H27NO. The second-order valence-electron chi connectivity index (χ2n) is 5.88. The summed E-state index contributed by atoms with van der Waals surface area (Å²) in [5.41, 5.74) is 0. The van der Waals surface area contributed by atoms with E-state index in [1.807, 2.05) is 0 Å². The Bertz CT molecular complexity index is 341. The van der Waals surface area contributed by atoms with Gasteiger partial charge in [-0.3, -0.25) is 4.79 Å². The first-order chi connectivity index (χ1) is 9.31. The molecular weight excluding hydrogens is 234 g/mol. The van der Waals surface area contributed by atoms with Crippen LogP contribution in [-0.2, 0) is 4.79 Å². The van der Waals surface area contributed by atoms with Gasteiger partial charge in [-0.15, -0.1) is 0 Å². The van der Waals surface area contributed by atoms with Gasteiger partial charge in [0, 0.05) is 19.0 Å². The number of hydrogen-bond donors (Lipinski definition) is 0. The minimum Gasteiger partial charge on any atom is -0.339 e. The van der Waals surface area contributed by atoms with Crippen LogP contribution in [0.25, 0.3) is 0 Å². The molecule has 0 aliphatic heterocycles. The van der Waals surface area contributed by atoms with Crippen molar-refractivity contribution in [3.8, 4) is 0 Å². The maximum atomic E-state index is 12.2. The highest BCUT2D eigenvalue weighted by atomic mass is 16.2. The van der Waals surface area contributed by atoms with Gasteiger partial charge in [0.15, 0.2) is 0 Å². The Labute approximate surface area is 117 Å². The number of allylic oxidation sites excluding steroid dienone is 3. The number of carbonyl (C=O) groups is 1. The molecule has 0 aromatic rings. The van der Waals surface area contributed by atoms with Gasteiger partial charge in [0.2, 0.25) is 5.91 Å². The Morgan fingerprint density at radius 3 is 2.79 bits per heavy atom. The van der Waals surface area contributed by atoms with Crippen LogP contribution in [0.4, 0.5) is 0 Å². The molecule has 0 heterocycles. The lowest BCUT2D eigenvalue weighted by atomic mass is 9.94. The Balaban J connectivity index is 1.79. The molecule has 0 radical (unpaired) electrons. The molecule has 1 fully saturated rings. The molecule has 0 saturated heterocycles. The van der Waals surface area contributed by atoms with Crippen molar-refractivity contribution in [3.63, 3.8) is 0 Å². The first-order valence-electron chi connectivity index (χ1n) is 7.91. The van der Waals surface area contributed by atoms with E-state index in [1.165, 1.54) is 19.3 Å². The van der Waals surface area contributed by atoms with Crippen LogP contribution < -0.4 is 0 Å². The van der Waals surface area contributed by atoms with Crippen molar-refractivity contribution in [1.29, 1.82) is 0 Å². The van der Waals surface area contributed by atoms with Gasteiger partial charge in [-0.05, 0) is 44.4 Å². The van der Waals surface area contributed by atoms with Crippen molar-refractivity contribution in [2.24, 2.45) is 11.8 Å². The summed E-state index contributed by atoms with van der Waals surface area (Å²) in [6.45, 7) is 3.93. The zero-order chi connectivity index (χ0) is 13.5. The Morgan fingerprint density at radius 1 is 1.32 bits per heavy atom. The summed E-state index contributed by atoms with van der Waals surface area (Å²) in [6.07, 6.45) is 17.2. The van der Waals surface area contributed by atoms with Crippen LogP contribution in [0, 0.1) is 11.8 Å². The van der Waals surface area contributed by atoms with Crippen LogP contribution in [0.15, 0.2) is 24.3 Å². The van der Waals surface area contributed by atoms with E-state index in [9.17, 15) is 4.79 Å². The fourth-order valence-corrected chi connectivity index (χ4v) is 2.60. The van der Waals surface area contributed by atoms with Gasteiger partial charge in [-0.25, -0.2) is 0 Å². The quantitative estimate of drug-likeness (QED) is 0.636. The predicted molar refractivity (Wildman–Crippen MR) is 79.8 cm³/mol. The maximum absolute atomic E-state index is 12.2. The average molecular weight is 261 g/mol. The summed E-state index contributed by atoms with van der Waals surface area (Å²) in [5, 5.41) is 0. The summed E-state index contributed by atoms with van der Waals surface area (Å²) in [7, 11) is 0. The van der Waals surface area contributed by atoms with Crippen LogP contribution in [0.3, 0.4) is 0 Å². The number of nitrogens with zero attached hydrogens (tertiary/aromatic N) is 1. The molecule has 106 valence electrons. The molecule has 0 N–H and O–H groups in total. The number of unbranched alkanes of at least 4 members (excludes halogenated alkanes) is 1. The third-order valence-corrected chi connectivity index (χ3v) is 4.06. The van der Waals surface area contributed by atoms with Gasteiger partial charge in [0.25, 0.3) is 0 Å². The molecule has 1 atom stereocenters. The monoisotopic (exact) mass is 261 g/mol. The van der Waals surface area contributed by atoms with Crippen molar-refractivity contribution in [3.05, 3.63) is 24.3 Å². The Morgan fingerprint density at radius 2 is 2.16 bits per heavy atom. The Hall–Kier alpha value is -1.05. The average Bonchev–Trinajstić information content (AvgIpc) is 3.27. The van der Waals surface area contributed by atoms with Gasteiger partial charge in [0.05, 0.1) is 0 Å². The third kappa shape index (κ3) is 4.85. The smallest absolute Gasteiger partial charge is 0.225 e. The normalized spacial score (nSPS) is 22.9. The summed E-state index contributed by atoms with van der Waals surface area (Å²) in [6, 6.07) is 0. The molecule has 2 aliphatic carbocycles. The lowest BCUT2D eigenvalue weighted by molar-refractivity contribution is -0.132. The van der Waals surface area contributed by atoms with Gasteiger partial charge in [0.1, 0.15) is 0 Å². The van der Waals surface area contributed by atoms with Crippen molar-refractivity contribution >= 4 is 5.91 Å². The van der Waals surface area contributed by atoms with Crippen LogP contribution in [0.2, 0.25) is 0 Å². The summed E-state index contributed by atoms with van der Waals surface area (Å²) >= 11 is 0. The molecule has 0 aromatic carbocycles. The first kappa shape index (κ1) is 14.4. The van der Waals surface area contributed by atoms with E-state index in [-0.39, 0.29) is 0 Å². The highest BCUT2D eigenvalue weighted by Gasteiger charge is 2.32. The predicted octanol–water partition coefficient (Wildman–Crippen LogP) is 3.94. The lowest BCUT2D eigenvalue weighted by Gasteiger charge is -2.21. The largest absolute Gasteiger partial charge is 0.339 e. The number of rotatable bonds is 7. The fraction of sp³-hybridized carbons (Fsp3) is 0.706. The highest BCUT2D eigenvalue weighted by molar-refractivity contribution is 5.81. The van der Waals surface area contributed by atoms with E-state index in [0.29, 0.717) is 17.7 Å². The number of amides is 1. The standard InChI is InChI=1S/C17H27NO/c1-2-3-13-18(17(19)16-11-12-16)14-7-10-15-8-5-4-6-9-15/h4-5,7,10,15-16H,2-3,6,8-9,11-14H2,1H3/b10-7+.